The van der Waals surface area contributed by atoms with Crippen LogP contribution in [0.2, 0.25) is 0 Å². The van der Waals surface area contributed by atoms with Gasteiger partial charge in [-0.05, 0) is 16.8 Å². The lowest BCUT2D eigenvalue weighted by molar-refractivity contribution is -0.367. The van der Waals surface area contributed by atoms with E-state index in [1.165, 1.54) is 11.9 Å². The third kappa shape index (κ3) is 2.00. The first kappa shape index (κ1) is 12.9. The number of nitrogens with zero attached hydrogens (tertiary/aromatic N) is 3. The molecule has 0 aliphatic carbocycles. The lowest BCUT2D eigenvalue weighted by Gasteiger charge is -2.13. The van der Waals surface area contributed by atoms with Crippen molar-refractivity contribution in [2.24, 2.45) is 5.18 Å². The van der Waals surface area contributed by atoms with Gasteiger partial charge in [0.2, 0.25) is 17.8 Å². The number of nitrogens with one attached hydrogen (secondary N) is 1. The molecule has 1 aromatic heterocycles. The SMILES string of the molecule is Nc1nc[nH+]c(N2CCc3ccccc32)c1N=O.[OH-]. The van der Waals surface area contributed by atoms with E-state index in [9.17, 15) is 4.91 Å². The Balaban J connectivity index is 0.00000133. The Kier molecular flexibility index (Phi) is 3.39. The molecule has 0 bridgehead atoms. The van der Waals surface area contributed by atoms with Crippen LogP contribution in [0.15, 0.2) is 35.8 Å². The fraction of sp³-hybridized carbons (Fsp3) is 0.167. The van der Waals surface area contributed by atoms with E-state index in [1.54, 1.807) is 0 Å². The van der Waals surface area contributed by atoms with Crippen molar-refractivity contribution in [1.82, 2.24) is 4.98 Å². The number of aromatic nitrogens is 2. The summed E-state index contributed by atoms with van der Waals surface area (Å²) in [6.45, 7) is 0.793. The Hall–Kier alpha value is -2.54. The second-order valence-corrected chi connectivity index (χ2v) is 4.11. The molecule has 4 N–H and O–H groups in total. The number of anilines is 3. The Labute approximate surface area is 109 Å². The van der Waals surface area contributed by atoms with Gasteiger partial charge in [0.1, 0.15) is 5.69 Å². The van der Waals surface area contributed by atoms with Crippen LogP contribution in [0, 0.1) is 4.91 Å². The summed E-state index contributed by atoms with van der Waals surface area (Å²) < 4.78 is 0. The van der Waals surface area contributed by atoms with Crippen molar-refractivity contribution >= 4 is 23.0 Å². The number of fused-ring (bicyclic) bond motifs is 1. The molecule has 7 heteroatoms. The smallest absolute Gasteiger partial charge is 0.261 e. The minimum absolute atomic E-state index is 0. The summed E-state index contributed by atoms with van der Waals surface area (Å²) in [6.07, 6.45) is 2.41. The fourth-order valence-electron chi connectivity index (χ4n) is 2.28. The van der Waals surface area contributed by atoms with E-state index in [0.29, 0.717) is 5.82 Å². The summed E-state index contributed by atoms with van der Waals surface area (Å²) in [7, 11) is 0. The van der Waals surface area contributed by atoms with Crippen molar-refractivity contribution in [3.63, 3.8) is 0 Å². The van der Waals surface area contributed by atoms with Crippen molar-refractivity contribution in [2.75, 3.05) is 17.2 Å². The third-order valence-electron chi connectivity index (χ3n) is 3.12. The van der Waals surface area contributed by atoms with Crippen LogP contribution in [-0.2, 0) is 6.42 Å². The summed E-state index contributed by atoms with van der Waals surface area (Å²) in [5.41, 5.74) is 8.15. The molecule has 0 saturated heterocycles. The van der Waals surface area contributed by atoms with Gasteiger partial charge < -0.3 is 11.2 Å². The summed E-state index contributed by atoms with van der Waals surface area (Å²) in [5.74, 6) is 0.741. The first-order chi connectivity index (χ1) is 8.81. The van der Waals surface area contributed by atoms with Crippen molar-refractivity contribution in [3.05, 3.63) is 41.1 Å². The van der Waals surface area contributed by atoms with Gasteiger partial charge in [-0.25, -0.2) is 4.98 Å². The van der Waals surface area contributed by atoms with Crippen LogP contribution < -0.4 is 15.6 Å². The van der Waals surface area contributed by atoms with E-state index >= 15 is 0 Å². The molecule has 1 aliphatic heterocycles. The Morgan fingerprint density at radius 3 is 2.95 bits per heavy atom. The molecule has 0 atom stereocenters. The summed E-state index contributed by atoms with van der Waals surface area (Å²) in [4.78, 5) is 19.7. The van der Waals surface area contributed by atoms with E-state index in [0.717, 1.165) is 18.7 Å². The van der Waals surface area contributed by atoms with E-state index in [-0.39, 0.29) is 17.0 Å². The molecule has 1 aromatic carbocycles. The number of H-pyrrole nitrogens is 1. The van der Waals surface area contributed by atoms with Gasteiger partial charge in [0.15, 0.2) is 0 Å². The zero-order chi connectivity index (χ0) is 12.5. The Morgan fingerprint density at radius 1 is 1.37 bits per heavy atom. The number of para-hydroxylation sites is 1. The average Bonchev–Trinajstić information content (AvgIpc) is 2.82. The highest BCUT2D eigenvalue weighted by molar-refractivity contribution is 5.77. The molecule has 0 spiro atoms. The maximum Gasteiger partial charge on any atom is 0.261 e. The molecule has 2 aromatic rings. The molecule has 0 unspecified atom stereocenters. The number of aromatic amines is 1. The van der Waals surface area contributed by atoms with E-state index in [1.807, 2.05) is 23.1 Å². The van der Waals surface area contributed by atoms with Crippen molar-refractivity contribution in [1.29, 1.82) is 0 Å². The second kappa shape index (κ2) is 4.99. The minimum atomic E-state index is 0. The van der Waals surface area contributed by atoms with E-state index in [2.05, 4.69) is 21.2 Å². The molecular weight excluding hydrogens is 246 g/mol. The molecule has 0 fully saturated rings. The Bertz CT molecular complexity index is 617. The largest absolute Gasteiger partial charge is 0.870 e. The summed E-state index contributed by atoms with van der Waals surface area (Å²) >= 11 is 0. The molecule has 7 nitrogen and oxygen atoms in total. The monoisotopic (exact) mass is 259 g/mol. The lowest BCUT2D eigenvalue weighted by atomic mass is 10.2. The predicted octanol–water partition coefficient (Wildman–Crippen LogP) is 1.39. The maximum absolute atomic E-state index is 10.9. The summed E-state index contributed by atoms with van der Waals surface area (Å²) in [6, 6.07) is 8.07. The predicted molar refractivity (Wildman–Crippen MR) is 69.7 cm³/mol. The third-order valence-corrected chi connectivity index (χ3v) is 3.12. The van der Waals surface area contributed by atoms with Crippen molar-refractivity contribution in [2.45, 2.75) is 6.42 Å². The zero-order valence-electron chi connectivity index (χ0n) is 10.1. The average molecular weight is 259 g/mol. The van der Waals surface area contributed by atoms with Gasteiger partial charge in [-0.3, -0.25) is 4.90 Å². The fourth-order valence-corrected chi connectivity index (χ4v) is 2.28. The van der Waals surface area contributed by atoms with Crippen LogP contribution in [0.5, 0.6) is 0 Å². The Morgan fingerprint density at radius 2 is 2.16 bits per heavy atom. The van der Waals surface area contributed by atoms with Gasteiger partial charge in [-0.2, -0.15) is 0 Å². The standard InChI is InChI=1S/C12H11N5O.H2O/c13-11-10(16-18)12(15-7-14-11)17-6-5-8-3-1-2-4-9(8)17;/h1-4,7H,5-6H2,(H2,13,14,15);1H2. The highest BCUT2D eigenvalue weighted by atomic mass is 16.3. The number of nitrogen functional groups attached to an aromatic ring is 1. The van der Waals surface area contributed by atoms with Gasteiger partial charge in [-0.15, -0.1) is 4.91 Å². The zero-order valence-corrected chi connectivity index (χ0v) is 10.1. The van der Waals surface area contributed by atoms with Gasteiger partial charge >= 0.3 is 0 Å². The first-order valence-corrected chi connectivity index (χ1v) is 5.66. The van der Waals surface area contributed by atoms with Crippen LogP contribution in [0.1, 0.15) is 5.56 Å². The quantitative estimate of drug-likeness (QED) is 0.818. The van der Waals surface area contributed by atoms with Crippen molar-refractivity contribution in [3.8, 4) is 0 Å². The molecule has 19 heavy (non-hydrogen) atoms. The van der Waals surface area contributed by atoms with Crippen LogP contribution in [0.4, 0.5) is 23.0 Å². The molecule has 0 radical (unpaired) electrons. The number of nitroso groups, excluding NO2 is 1. The second-order valence-electron chi connectivity index (χ2n) is 4.11. The maximum atomic E-state index is 10.9. The van der Waals surface area contributed by atoms with E-state index in [4.69, 9.17) is 5.73 Å². The first-order valence-electron chi connectivity index (χ1n) is 5.66. The van der Waals surface area contributed by atoms with E-state index < -0.39 is 0 Å². The van der Waals surface area contributed by atoms with Gasteiger partial charge in [0, 0.05) is 6.42 Å². The molecular formula is C12H13N5O2. The number of hydrogen-bond donors (Lipinski definition) is 1. The topological polar surface area (TPSA) is 116 Å². The van der Waals surface area contributed by atoms with Crippen LogP contribution in [-0.4, -0.2) is 17.0 Å². The van der Waals surface area contributed by atoms with Gasteiger partial charge in [-0.1, -0.05) is 23.2 Å². The molecule has 0 amide bonds. The normalized spacial score (nSPS) is 12.7. The molecule has 0 saturated carbocycles. The molecule has 98 valence electrons. The van der Waals surface area contributed by atoms with Crippen LogP contribution in [0.3, 0.4) is 0 Å². The number of benzene rings is 1. The minimum Gasteiger partial charge on any atom is -0.870 e. The highest BCUT2D eigenvalue weighted by Crippen LogP contribution is 2.37. The lowest BCUT2D eigenvalue weighted by Crippen LogP contribution is -2.23. The molecule has 2 heterocycles. The van der Waals surface area contributed by atoms with Gasteiger partial charge in [0.05, 0.1) is 6.54 Å². The molecule has 1 aliphatic rings. The summed E-state index contributed by atoms with van der Waals surface area (Å²) in [5, 5.41) is 2.98. The van der Waals surface area contributed by atoms with Gasteiger partial charge in [0.25, 0.3) is 5.82 Å². The number of nitrogens with two attached hydrogens (primary N) is 1. The number of rotatable bonds is 2. The van der Waals surface area contributed by atoms with Crippen LogP contribution >= 0.6 is 0 Å². The molecule has 3 rings (SSSR count). The highest BCUT2D eigenvalue weighted by Gasteiger charge is 2.29. The van der Waals surface area contributed by atoms with Crippen molar-refractivity contribution < 1.29 is 10.5 Å². The number of hydrogen-bond acceptors (Lipinski definition) is 6. The van der Waals surface area contributed by atoms with Crippen LogP contribution in [0.25, 0.3) is 0 Å².